The summed E-state index contributed by atoms with van der Waals surface area (Å²) in [7, 11) is 0. The summed E-state index contributed by atoms with van der Waals surface area (Å²) in [5.74, 6) is 0.570. The first-order valence-corrected chi connectivity index (χ1v) is 8.46. The molecule has 1 aromatic carbocycles. The van der Waals surface area contributed by atoms with Crippen LogP contribution in [0.25, 0.3) is 11.4 Å². The monoisotopic (exact) mass is 345 g/mol. The van der Waals surface area contributed by atoms with Gasteiger partial charge in [-0.1, -0.05) is 11.6 Å². The number of aromatic nitrogens is 2. The van der Waals surface area contributed by atoms with Crippen LogP contribution in [0, 0.1) is 12.8 Å². The highest BCUT2D eigenvalue weighted by Crippen LogP contribution is 2.21. The highest BCUT2D eigenvalue weighted by Gasteiger charge is 2.25. The van der Waals surface area contributed by atoms with Crippen LogP contribution in [0.15, 0.2) is 30.3 Å². The topological polar surface area (TPSA) is 66.3 Å². The zero-order valence-electron chi connectivity index (χ0n) is 13.6. The zero-order chi connectivity index (χ0) is 17.1. The second-order valence-electron chi connectivity index (χ2n) is 6.17. The first-order valence-electron chi connectivity index (χ1n) is 8.08. The van der Waals surface area contributed by atoms with Gasteiger partial charge in [-0.15, -0.1) is 0 Å². The fourth-order valence-electron chi connectivity index (χ4n) is 2.97. The normalized spacial score (nSPS) is 17.8. The SMILES string of the molecule is Cc1cc(C(=O)N2CCCC(CO)C2)nc(-c2ccc(Cl)cc2)n1. The highest BCUT2D eigenvalue weighted by atomic mass is 35.5. The van der Waals surface area contributed by atoms with Gasteiger partial charge >= 0.3 is 0 Å². The number of likely N-dealkylation sites (tertiary alicyclic amines) is 1. The van der Waals surface area contributed by atoms with Gasteiger partial charge in [0.05, 0.1) is 0 Å². The Morgan fingerprint density at radius 1 is 1.33 bits per heavy atom. The van der Waals surface area contributed by atoms with Gasteiger partial charge in [0.15, 0.2) is 5.82 Å². The van der Waals surface area contributed by atoms with Gasteiger partial charge in [0, 0.05) is 36.0 Å². The molecule has 1 unspecified atom stereocenters. The van der Waals surface area contributed by atoms with Gasteiger partial charge in [-0.3, -0.25) is 4.79 Å². The minimum absolute atomic E-state index is 0.103. The van der Waals surface area contributed by atoms with E-state index in [9.17, 15) is 9.90 Å². The maximum absolute atomic E-state index is 12.8. The number of piperidine rings is 1. The molecule has 0 radical (unpaired) electrons. The Hall–Kier alpha value is -1.98. The van der Waals surface area contributed by atoms with Crippen molar-refractivity contribution in [2.45, 2.75) is 19.8 Å². The lowest BCUT2D eigenvalue weighted by molar-refractivity contribution is 0.0615. The Morgan fingerprint density at radius 3 is 2.79 bits per heavy atom. The number of aliphatic hydroxyl groups excluding tert-OH is 1. The summed E-state index contributed by atoms with van der Waals surface area (Å²) in [5.41, 5.74) is 1.96. The van der Waals surface area contributed by atoms with E-state index in [2.05, 4.69) is 9.97 Å². The first kappa shape index (κ1) is 16.9. The largest absolute Gasteiger partial charge is 0.396 e. The number of carbonyl (C=O) groups excluding carboxylic acids is 1. The van der Waals surface area contributed by atoms with Crippen molar-refractivity contribution in [3.05, 3.63) is 46.7 Å². The number of amides is 1. The number of carbonyl (C=O) groups is 1. The maximum atomic E-state index is 12.8. The average molecular weight is 346 g/mol. The molecule has 0 bridgehead atoms. The molecule has 0 spiro atoms. The quantitative estimate of drug-likeness (QED) is 0.928. The van der Waals surface area contributed by atoms with E-state index in [-0.39, 0.29) is 18.4 Å². The summed E-state index contributed by atoms with van der Waals surface area (Å²) in [6.45, 7) is 3.25. The van der Waals surface area contributed by atoms with E-state index in [1.54, 1.807) is 23.1 Å². The number of aliphatic hydroxyl groups is 1. The van der Waals surface area contributed by atoms with Gasteiger partial charge < -0.3 is 10.0 Å². The molecule has 1 fully saturated rings. The van der Waals surface area contributed by atoms with Gasteiger partial charge in [-0.2, -0.15) is 0 Å². The summed E-state index contributed by atoms with van der Waals surface area (Å²) in [4.78, 5) is 23.4. The summed E-state index contributed by atoms with van der Waals surface area (Å²) >= 11 is 5.92. The van der Waals surface area contributed by atoms with Crippen LogP contribution in [0.2, 0.25) is 5.02 Å². The van der Waals surface area contributed by atoms with Gasteiger partial charge in [0.2, 0.25) is 0 Å². The third kappa shape index (κ3) is 3.74. The number of rotatable bonds is 3. The average Bonchev–Trinajstić information content (AvgIpc) is 2.61. The standard InChI is InChI=1S/C18H20ClN3O2/c1-12-9-16(18(24)22-8-2-3-13(10-22)11-23)21-17(20-12)14-4-6-15(19)7-5-14/h4-7,9,13,23H,2-3,8,10-11H2,1H3. The minimum Gasteiger partial charge on any atom is -0.396 e. The lowest BCUT2D eigenvalue weighted by Crippen LogP contribution is -2.41. The number of nitrogens with zero attached hydrogens (tertiary/aromatic N) is 3. The Kier molecular flexibility index (Phi) is 5.11. The molecule has 1 amide bonds. The zero-order valence-corrected chi connectivity index (χ0v) is 14.3. The molecule has 6 heteroatoms. The van der Waals surface area contributed by atoms with Crippen molar-refractivity contribution in [3.8, 4) is 11.4 Å². The maximum Gasteiger partial charge on any atom is 0.272 e. The van der Waals surface area contributed by atoms with E-state index in [0.717, 1.165) is 24.1 Å². The summed E-state index contributed by atoms with van der Waals surface area (Å²) in [5, 5.41) is 9.99. The highest BCUT2D eigenvalue weighted by molar-refractivity contribution is 6.30. The van der Waals surface area contributed by atoms with Crippen LogP contribution in [0.4, 0.5) is 0 Å². The molecule has 126 valence electrons. The Balaban J connectivity index is 1.88. The van der Waals surface area contributed by atoms with Crippen molar-refractivity contribution >= 4 is 17.5 Å². The van der Waals surface area contributed by atoms with Crippen LogP contribution >= 0.6 is 11.6 Å². The van der Waals surface area contributed by atoms with E-state index in [4.69, 9.17) is 11.6 Å². The Bertz CT molecular complexity index is 734. The molecule has 1 atom stereocenters. The van der Waals surface area contributed by atoms with Crippen molar-refractivity contribution < 1.29 is 9.90 Å². The molecule has 2 heterocycles. The molecule has 1 aromatic heterocycles. The number of benzene rings is 1. The molecule has 5 nitrogen and oxygen atoms in total. The Labute approximate surface area is 146 Å². The molecule has 1 aliphatic rings. The van der Waals surface area contributed by atoms with Crippen molar-refractivity contribution in [2.24, 2.45) is 5.92 Å². The molecule has 2 aromatic rings. The first-order chi connectivity index (χ1) is 11.6. The van der Waals surface area contributed by atoms with E-state index in [1.807, 2.05) is 19.1 Å². The Morgan fingerprint density at radius 2 is 2.08 bits per heavy atom. The van der Waals surface area contributed by atoms with Gasteiger partial charge in [-0.05, 0) is 56.0 Å². The predicted octanol–water partition coefficient (Wildman–Crippen LogP) is 2.95. The van der Waals surface area contributed by atoms with Crippen LogP contribution < -0.4 is 0 Å². The summed E-state index contributed by atoms with van der Waals surface area (Å²) < 4.78 is 0. The van der Waals surface area contributed by atoms with Crippen LogP contribution in [0.3, 0.4) is 0 Å². The van der Waals surface area contributed by atoms with Crippen molar-refractivity contribution in [1.82, 2.24) is 14.9 Å². The molecule has 1 saturated heterocycles. The lowest BCUT2D eigenvalue weighted by Gasteiger charge is -2.31. The van der Waals surface area contributed by atoms with E-state index < -0.39 is 0 Å². The molecule has 0 saturated carbocycles. The number of hydrogen-bond donors (Lipinski definition) is 1. The van der Waals surface area contributed by atoms with Crippen molar-refractivity contribution in [3.63, 3.8) is 0 Å². The van der Waals surface area contributed by atoms with Crippen molar-refractivity contribution in [2.75, 3.05) is 19.7 Å². The fraction of sp³-hybridized carbons (Fsp3) is 0.389. The summed E-state index contributed by atoms with van der Waals surface area (Å²) in [6.07, 6.45) is 1.87. The second-order valence-corrected chi connectivity index (χ2v) is 6.60. The fourth-order valence-corrected chi connectivity index (χ4v) is 3.09. The molecular formula is C18H20ClN3O2. The predicted molar refractivity (Wildman–Crippen MR) is 92.9 cm³/mol. The van der Waals surface area contributed by atoms with Gasteiger partial charge in [0.25, 0.3) is 5.91 Å². The molecule has 0 aliphatic carbocycles. The molecule has 3 rings (SSSR count). The second kappa shape index (κ2) is 7.28. The molecular weight excluding hydrogens is 326 g/mol. The third-order valence-corrected chi connectivity index (χ3v) is 4.49. The molecule has 24 heavy (non-hydrogen) atoms. The smallest absolute Gasteiger partial charge is 0.272 e. The number of aryl methyl sites for hydroxylation is 1. The molecule has 1 N–H and O–H groups in total. The van der Waals surface area contributed by atoms with Crippen molar-refractivity contribution in [1.29, 1.82) is 0 Å². The van der Waals surface area contributed by atoms with Crippen LogP contribution in [0.1, 0.15) is 29.0 Å². The summed E-state index contributed by atoms with van der Waals surface area (Å²) in [6, 6.07) is 8.95. The van der Waals surface area contributed by atoms with Gasteiger partial charge in [-0.25, -0.2) is 9.97 Å². The van der Waals surface area contributed by atoms with E-state index >= 15 is 0 Å². The minimum atomic E-state index is -0.103. The third-order valence-electron chi connectivity index (χ3n) is 4.24. The van der Waals surface area contributed by atoms with E-state index in [0.29, 0.717) is 29.6 Å². The van der Waals surface area contributed by atoms with E-state index in [1.165, 1.54) is 0 Å². The van der Waals surface area contributed by atoms with Gasteiger partial charge in [0.1, 0.15) is 5.69 Å². The van der Waals surface area contributed by atoms with Crippen LogP contribution in [-0.4, -0.2) is 45.6 Å². The lowest BCUT2D eigenvalue weighted by atomic mass is 9.99. The number of hydrogen-bond acceptors (Lipinski definition) is 4. The molecule has 1 aliphatic heterocycles. The number of halogens is 1. The van der Waals surface area contributed by atoms with Crippen LogP contribution in [-0.2, 0) is 0 Å². The van der Waals surface area contributed by atoms with Crippen LogP contribution in [0.5, 0.6) is 0 Å².